The van der Waals surface area contributed by atoms with Gasteiger partial charge < -0.3 is 4.90 Å². The number of hydrogen-bond acceptors (Lipinski definition) is 3. The van der Waals surface area contributed by atoms with E-state index in [9.17, 15) is 4.79 Å². The maximum atomic E-state index is 11.6. The van der Waals surface area contributed by atoms with Gasteiger partial charge in [-0.15, -0.1) is 12.4 Å². The Morgan fingerprint density at radius 1 is 1.26 bits per heavy atom. The number of carbonyl (C=O) groups is 1. The lowest BCUT2D eigenvalue weighted by Gasteiger charge is -2.34. The van der Waals surface area contributed by atoms with Crippen LogP contribution in [0.1, 0.15) is 19.0 Å². The van der Waals surface area contributed by atoms with Crippen LogP contribution >= 0.6 is 12.4 Å². The van der Waals surface area contributed by atoms with Gasteiger partial charge >= 0.3 is 0 Å². The van der Waals surface area contributed by atoms with Crippen molar-refractivity contribution in [1.82, 2.24) is 14.8 Å². The Morgan fingerprint density at radius 3 is 2.58 bits per heavy atom. The average molecular weight is 284 g/mol. The molecule has 106 valence electrons. The first-order valence-electron chi connectivity index (χ1n) is 6.69. The van der Waals surface area contributed by atoms with Crippen LogP contribution in [0.25, 0.3) is 0 Å². The molecule has 1 aromatic heterocycles. The van der Waals surface area contributed by atoms with E-state index in [-0.39, 0.29) is 18.3 Å². The molecule has 0 spiro atoms. The monoisotopic (exact) mass is 283 g/mol. The highest BCUT2D eigenvalue weighted by molar-refractivity contribution is 5.85. The van der Waals surface area contributed by atoms with E-state index in [2.05, 4.69) is 16.0 Å². The van der Waals surface area contributed by atoms with Gasteiger partial charge in [0.1, 0.15) is 0 Å². The van der Waals surface area contributed by atoms with Gasteiger partial charge in [0.05, 0.1) is 0 Å². The molecule has 2 rings (SSSR count). The lowest BCUT2D eigenvalue weighted by Crippen LogP contribution is -2.48. The highest BCUT2D eigenvalue weighted by Gasteiger charge is 2.19. The zero-order valence-electron chi connectivity index (χ0n) is 11.4. The second-order valence-corrected chi connectivity index (χ2v) is 4.65. The summed E-state index contributed by atoms with van der Waals surface area (Å²) in [5.41, 5.74) is 1.14. The fraction of sp³-hybridized carbons (Fsp3) is 0.571. The molecule has 0 radical (unpaired) electrons. The molecular formula is C14H22ClN3O. The molecule has 0 aromatic carbocycles. The van der Waals surface area contributed by atoms with Crippen molar-refractivity contribution in [1.29, 1.82) is 0 Å². The van der Waals surface area contributed by atoms with Crippen LogP contribution in [0.2, 0.25) is 0 Å². The highest BCUT2D eigenvalue weighted by atomic mass is 35.5. The molecule has 4 nitrogen and oxygen atoms in total. The Hall–Kier alpha value is -1.13. The summed E-state index contributed by atoms with van der Waals surface area (Å²) in [4.78, 5) is 20.3. The highest BCUT2D eigenvalue weighted by Crippen LogP contribution is 2.05. The van der Waals surface area contributed by atoms with Crippen LogP contribution in [0.5, 0.6) is 0 Å². The zero-order valence-corrected chi connectivity index (χ0v) is 12.2. The van der Waals surface area contributed by atoms with Crippen molar-refractivity contribution in [3.8, 4) is 0 Å². The predicted octanol–water partition coefficient (Wildman–Crippen LogP) is 1.60. The number of hydrogen-bond donors (Lipinski definition) is 0. The fourth-order valence-electron chi connectivity index (χ4n) is 2.26. The number of piperazine rings is 1. The number of amides is 1. The van der Waals surface area contributed by atoms with Gasteiger partial charge in [0.15, 0.2) is 0 Å². The Bertz CT molecular complexity index is 378. The smallest absolute Gasteiger partial charge is 0.222 e. The predicted molar refractivity (Wildman–Crippen MR) is 78.5 cm³/mol. The minimum Gasteiger partial charge on any atom is -0.340 e. The third-order valence-electron chi connectivity index (χ3n) is 3.44. The van der Waals surface area contributed by atoms with Crippen molar-refractivity contribution in [3.05, 3.63) is 30.1 Å². The molecule has 5 heteroatoms. The van der Waals surface area contributed by atoms with E-state index in [1.54, 1.807) is 0 Å². The molecule has 0 N–H and O–H groups in total. The van der Waals surface area contributed by atoms with Crippen LogP contribution in [0.4, 0.5) is 0 Å². The minimum atomic E-state index is 0. The van der Waals surface area contributed by atoms with Crippen molar-refractivity contribution in [2.24, 2.45) is 0 Å². The van der Waals surface area contributed by atoms with Gasteiger partial charge in [-0.3, -0.25) is 14.7 Å². The van der Waals surface area contributed by atoms with Gasteiger partial charge in [0, 0.05) is 57.5 Å². The number of halogens is 1. The summed E-state index contributed by atoms with van der Waals surface area (Å²) in [6.45, 7) is 6.67. The molecule has 1 fully saturated rings. The van der Waals surface area contributed by atoms with E-state index in [0.717, 1.165) is 44.8 Å². The number of aromatic nitrogens is 1. The number of carbonyl (C=O) groups excluding carboxylic acids is 1. The van der Waals surface area contributed by atoms with Crippen molar-refractivity contribution in [2.45, 2.75) is 19.8 Å². The standard InChI is InChI=1S/C14H21N3O.ClH/c1-2-14(18)17-11-9-16(10-12-17)8-6-13-5-3-4-7-15-13;/h3-5,7H,2,6,8-12H2,1H3;1H. The zero-order chi connectivity index (χ0) is 12.8. The maximum absolute atomic E-state index is 11.6. The Morgan fingerprint density at radius 2 is 2.00 bits per heavy atom. The van der Waals surface area contributed by atoms with E-state index in [0.29, 0.717) is 6.42 Å². The van der Waals surface area contributed by atoms with Crippen LogP contribution in [-0.2, 0) is 11.2 Å². The van der Waals surface area contributed by atoms with Crippen molar-refractivity contribution < 1.29 is 4.79 Å². The summed E-state index contributed by atoms with van der Waals surface area (Å²) < 4.78 is 0. The molecule has 1 aromatic rings. The summed E-state index contributed by atoms with van der Waals surface area (Å²) in [5.74, 6) is 0.277. The Balaban J connectivity index is 0.00000180. The molecule has 19 heavy (non-hydrogen) atoms. The molecule has 1 amide bonds. The lowest BCUT2D eigenvalue weighted by atomic mass is 10.2. The van der Waals surface area contributed by atoms with Crippen molar-refractivity contribution in [2.75, 3.05) is 32.7 Å². The molecule has 0 saturated carbocycles. The molecule has 1 aliphatic heterocycles. The normalized spacial score (nSPS) is 15.9. The first kappa shape index (κ1) is 15.9. The molecule has 1 saturated heterocycles. The summed E-state index contributed by atoms with van der Waals surface area (Å²) in [5, 5.41) is 0. The van der Waals surface area contributed by atoms with E-state index in [4.69, 9.17) is 0 Å². The van der Waals surface area contributed by atoms with Crippen LogP contribution in [0.15, 0.2) is 24.4 Å². The summed E-state index contributed by atoms with van der Waals surface area (Å²) in [6.07, 6.45) is 3.45. The van der Waals surface area contributed by atoms with E-state index < -0.39 is 0 Å². The first-order valence-corrected chi connectivity index (χ1v) is 6.69. The van der Waals surface area contributed by atoms with Gasteiger partial charge in [-0.05, 0) is 12.1 Å². The summed E-state index contributed by atoms with van der Waals surface area (Å²) >= 11 is 0. The first-order chi connectivity index (χ1) is 8.79. The van der Waals surface area contributed by atoms with Crippen LogP contribution in [-0.4, -0.2) is 53.4 Å². The van der Waals surface area contributed by atoms with Crippen molar-refractivity contribution in [3.63, 3.8) is 0 Å². The van der Waals surface area contributed by atoms with Gasteiger partial charge in [-0.25, -0.2) is 0 Å². The number of rotatable bonds is 4. The topological polar surface area (TPSA) is 36.4 Å². The molecule has 1 aliphatic rings. The third-order valence-corrected chi connectivity index (χ3v) is 3.44. The average Bonchev–Trinajstić information content (AvgIpc) is 2.46. The SMILES string of the molecule is CCC(=O)N1CCN(CCc2ccccn2)CC1.Cl. The van der Waals surface area contributed by atoms with Crippen LogP contribution in [0.3, 0.4) is 0 Å². The summed E-state index contributed by atoms with van der Waals surface area (Å²) in [6, 6.07) is 6.04. The number of nitrogens with zero attached hydrogens (tertiary/aromatic N) is 3. The molecular weight excluding hydrogens is 262 g/mol. The third kappa shape index (κ3) is 4.80. The quantitative estimate of drug-likeness (QED) is 0.842. The van der Waals surface area contributed by atoms with E-state index in [1.165, 1.54) is 0 Å². The number of pyridine rings is 1. The van der Waals surface area contributed by atoms with Gasteiger partial charge in [0.2, 0.25) is 5.91 Å². The van der Waals surface area contributed by atoms with Crippen molar-refractivity contribution >= 4 is 18.3 Å². The fourth-order valence-corrected chi connectivity index (χ4v) is 2.26. The lowest BCUT2D eigenvalue weighted by molar-refractivity contribution is -0.132. The second kappa shape index (κ2) is 8.12. The molecule has 2 heterocycles. The maximum Gasteiger partial charge on any atom is 0.222 e. The molecule has 0 unspecified atom stereocenters. The van der Waals surface area contributed by atoms with Gasteiger partial charge in [-0.2, -0.15) is 0 Å². The van der Waals surface area contributed by atoms with Gasteiger partial charge in [0.25, 0.3) is 0 Å². The molecule has 0 atom stereocenters. The van der Waals surface area contributed by atoms with Crippen LogP contribution in [0, 0.1) is 0 Å². The molecule has 0 bridgehead atoms. The second-order valence-electron chi connectivity index (χ2n) is 4.65. The Labute approximate surface area is 121 Å². The minimum absolute atomic E-state index is 0. The molecule has 0 aliphatic carbocycles. The van der Waals surface area contributed by atoms with Gasteiger partial charge in [-0.1, -0.05) is 13.0 Å². The Kier molecular flexibility index (Phi) is 6.81. The summed E-state index contributed by atoms with van der Waals surface area (Å²) in [7, 11) is 0. The van der Waals surface area contributed by atoms with E-state index in [1.807, 2.05) is 30.2 Å². The van der Waals surface area contributed by atoms with Crippen LogP contribution < -0.4 is 0 Å². The largest absolute Gasteiger partial charge is 0.340 e. The van der Waals surface area contributed by atoms with E-state index >= 15 is 0 Å².